The van der Waals surface area contributed by atoms with Crippen LogP contribution in [0.2, 0.25) is 0 Å². The largest absolute Gasteiger partial charge is 0.501 e. The molecular weight excluding hydrogens is 384 g/mol. The summed E-state index contributed by atoms with van der Waals surface area (Å²) in [6, 6.07) is 10.3. The van der Waals surface area contributed by atoms with Gasteiger partial charge in [0, 0.05) is 0 Å². The number of aromatic carboxylic acids is 1. The Balaban J connectivity index is 1.82. The number of carbonyl (C=O) groups is 2. The molecule has 0 fully saturated rings. The summed E-state index contributed by atoms with van der Waals surface area (Å²) in [5.41, 5.74) is -0.476. The Morgan fingerprint density at radius 1 is 1.21 bits per heavy atom. The summed E-state index contributed by atoms with van der Waals surface area (Å²) < 4.78 is 0. The molecule has 1 atom stereocenters. The van der Waals surface area contributed by atoms with Crippen LogP contribution in [0.5, 0.6) is 5.75 Å². The summed E-state index contributed by atoms with van der Waals surface area (Å²) in [5, 5.41) is 25.7. The van der Waals surface area contributed by atoms with E-state index in [-0.39, 0.29) is 11.9 Å². The summed E-state index contributed by atoms with van der Waals surface area (Å²) >= 11 is 1.15. The molecule has 0 saturated carbocycles. The zero-order valence-corrected chi connectivity index (χ0v) is 15.4. The molecule has 0 aliphatic rings. The molecule has 28 heavy (non-hydrogen) atoms. The molecule has 0 radical (unpaired) electrons. The molecule has 2 heterocycles. The number of aromatic amines is 1. The Labute approximate surface area is 162 Å². The molecule has 2 amide bonds. The predicted octanol–water partition coefficient (Wildman–Crippen LogP) is 2.78. The number of urea groups is 1. The standard InChI is InChI=1S/C18H16N4O5S/c1-9(10-5-3-2-4-6-10)19-18(27)20-11-7-8-28-14(11)15-21-12(17(25)26)13(23)16(24)22-15/h2-9,23H,1H3,(H,25,26)(H2,19,20,27)(H,21,22,24)/t9-/m1/s1. The Morgan fingerprint density at radius 2 is 1.93 bits per heavy atom. The van der Waals surface area contributed by atoms with E-state index >= 15 is 0 Å². The van der Waals surface area contributed by atoms with Crippen molar-refractivity contribution in [1.82, 2.24) is 15.3 Å². The van der Waals surface area contributed by atoms with Crippen LogP contribution >= 0.6 is 11.3 Å². The fraction of sp³-hybridized carbons (Fsp3) is 0.111. The van der Waals surface area contributed by atoms with Crippen LogP contribution in [0.1, 0.15) is 29.0 Å². The highest BCUT2D eigenvalue weighted by Gasteiger charge is 2.20. The molecule has 0 spiro atoms. The highest BCUT2D eigenvalue weighted by Crippen LogP contribution is 2.31. The first-order valence-electron chi connectivity index (χ1n) is 8.13. The average molecular weight is 400 g/mol. The van der Waals surface area contributed by atoms with Gasteiger partial charge in [-0.1, -0.05) is 30.3 Å². The summed E-state index contributed by atoms with van der Waals surface area (Å²) in [7, 11) is 0. The van der Waals surface area contributed by atoms with Gasteiger partial charge in [0.15, 0.2) is 11.5 Å². The van der Waals surface area contributed by atoms with E-state index in [1.165, 1.54) is 0 Å². The molecule has 10 heteroatoms. The smallest absolute Gasteiger partial charge is 0.358 e. The normalized spacial score (nSPS) is 11.6. The first-order valence-corrected chi connectivity index (χ1v) is 9.01. The Kier molecular flexibility index (Phi) is 5.41. The number of nitrogens with zero attached hydrogens (tertiary/aromatic N) is 1. The van der Waals surface area contributed by atoms with Gasteiger partial charge >= 0.3 is 12.0 Å². The molecule has 0 bridgehead atoms. The van der Waals surface area contributed by atoms with Crippen LogP contribution < -0.4 is 16.2 Å². The second kappa shape index (κ2) is 7.92. The molecule has 2 aromatic heterocycles. The Bertz CT molecular complexity index is 1080. The van der Waals surface area contributed by atoms with E-state index in [1.807, 2.05) is 37.3 Å². The van der Waals surface area contributed by atoms with Crippen molar-refractivity contribution in [2.75, 3.05) is 5.32 Å². The molecule has 9 nitrogen and oxygen atoms in total. The van der Waals surface area contributed by atoms with Gasteiger partial charge in [0.1, 0.15) is 0 Å². The van der Waals surface area contributed by atoms with Gasteiger partial charge in [0.2, 0.25) is 5.75 Å². The maximum Gasteiger partial charge on any atom is 0.358 e. The lowest BCUT2D eigenvalue weighted by Crippen LogP contribution is -2.31. The van der Waals surface area contributed by atoms with E-state index in [2.05, 4.69) is 20.6 Å². The highest BCUT2D eigenvalue weighted by molar-refractivity contribution is 7.14. The van der Waals surface area contributed by atoms with Gasteiger partial charge in [-0.05, 0) is 23.9 Å². The van der Waals surface area contributed by atoms with Gasteiger partial charge in [0.25, 0.3) is 5.56 Å². The third-order valence-corrected chi connectivity index (χ3v) is 4.79. The van der Waals surface area contributed by atoms with Crippen molar-refractivity contribution in [1.29, 1.82) is 0 Å². The van der Waals surface area contributed by atoms with Crippen molar-refractivity contribution in [2.45, 2.75) is 13.0 Å². The first kappa shape index (κ1) is 19.1. The van der Waals surface area contributed by atoms with E-state index in [4.69, 9.17) is 5.11 Å². The van der Waals surface area contributed by atoms with Crippen molar-refractivity contribution in [3.8, 4) is 16.5 Å². The van der Waals surface area contributed by atoms with Gasteiger partial charge in [0.05, 0.1) is 16.6 Å². The fourth-order valence-electron chi connectivity index (χ4n) is 2.49. The van der Waals surface area contributed by atoms with Crippen molar-refractivity contribution >= 4 is 29.0 Å². The number of anilines is 1. The molecule has 5 N–H and O–H groups in total. The second-order valence-electron chi connectivity index (χ2n) is 5.81. The molecule has 0 aliphatic carbocycles. The lowest BCUT2D eigenvalue weighted by Gasteiger charge is -2.15. The molecule has 1 aromatic carbocycles. The van der Waals surface area contributed by atoms with E-state index in [9.17, 15) is 19.5 Å². The highest BCUT2D eigenvalue weighted by atomic mass is 32.1. The van der Waals surface area contributed by atoms with Gasteiger partial charge in [-0.15, -0.1) is 11.3 Å². The minimum absolute atomic E-state index is 0.0680. The number of hydrogen-bond acceptors (Lipinski definition) is 6. The van der Waals surface area contributed by atoms with Crippen molar-refractivity contribution < 1.29 is 19.8 Å². The Morgan fingerprint density at radius 3 is 2.61 bits per heavy atom. The number of thiophene rings is 1. The molecule has 0 unspecified atom stereocenters. The minimum Gasteiger partial charge on any atom is -0.501 e. The zero-order valence-electron chi connectivity index (χ0n) is 14.6. The van der Waals surface area contributed by atoms with Gasteiger partial charge in [-0.25, -0.2) is 14.6 Å². The molecule has 144 valence electrons. The predicted molar refractivity (Wildman–Crippen MR) is 104 cm³/mol. The summed E-state index contributed by atoms with van der Waals surface area (Å²) in [4.78, 5) is 41.7. The molecule has 3 rings (SSSR count). The van der Waals surface area contributed by atoms with Gasteiger partial charge in [-0.3, -0.25) is 4.79 Å². The lowest BCUT2D eigenvalue weighted by molar-refractivity contribution is 0.0686. The van der Waals surface area contributed by atoms with Crippen molar-refractivity contribution in [3.63, 3.8) is 0 Å². The van der Waals surface area contributed by atoms with Crippen LogP contribution in [0.3, 0.4) is 0 Å². The quantitative estimate of drug-likeness (QED) is 0.445. The molecule has 0 saturated heterocycles. The van der Waals surface area contributed by atoms with E-state index < -0.39 is 29.0 Å². The average Bonchev–Trinajstić information content (AvgIpc) is 3.12. The minimum atomic E-state index is -1.54. The van der Waals surface area contributed by atoms with Crippen LogP contribution in [-0.4, -0.2) is 32.2 Å². The third-order valence-electron chi connectivity index (χ3n) is 3.87. The van der Waals surface area contributed by atoms with E-state index in [1.54, 1.807) is 11.4 Å². The number of carbonyl (C=O) groups excluding carboxylic acids is 1. The number of aromatic hydroxyl groups is 1. The molecule has 0 aliphatic heterocycles. The number of amides is 2. The summed E-state index contributed by atoms with van der Waals surface area (Å²) in [6.45, 7) is 1.83. The number of nitrogens with one attached hydrogen (secondary N) is 3. The van der Waals surface area contributed by atoms with Crippen LogP contribution in [0.4, 0.5) is 10.5 Å². The number of carboxylic acid groups (broad SMARTS) is 1. The number of carboxylic acids is 1. The number of aromatic nitrogens is 2. The summed E-state index contributed by atoms with van der Waals surface area (Å²) in [5.74, 6) is -2.58. The lowest BCUT2D eigenvalue weighted by atomic mass is 10.1. The van der Waals surface area contributed by atoms with E-state index in [0.717, 1.165) is 16.9 Å². The number of rotatable bonds is 5. The summed E-state index contributed by atoms with van der Waals surface area (Å²) in [6.07, 6.45) is 0. The third kappa shape index (κ3) is 4.01. The molecule has 3 aromatic rings. The fourth-order valence-corrected chi connectivity index (χ4v) is 3.29. The molecular formula is C18H16N4O5S. The zero-order chi connectivity index (χ0) is 20.3. The maximum atomic E-state index is 12.3. The number of H-pyrrole nitrogens is 1. The van der Waals surface area contributed by atoms with Crippen molar-refractivity contribution in [2.24, 2.45) is 0 Å². The maximum absolute atomic E-state index is 12.3. The van der Waals surface area contributed by atoms with Crippen LogP contribution in [0.15, 0.2) is 46.6 Å². The van der Waals surface area contributed by atoms with Crippen LogP contribution in [-0.2, 0) is 0 Å². The topological polar surface area (TPSA) is 144 Å². The van der Waals surface area contributed by atoms with Gasteiger partial charge in [-0.2, -0.15) is 0 Å². The number of benzene rings is 1. The second-order valence-corrected chi connectivity index (χ2v) is 6.73. The first-order chi connectivity index (χ1) is 13.4. The number of hydrogen-bond donors (Lipinski definition) is 5. The SMILES string of the molecule is C[C@@H](NC(=O)Nc1ccsc1-c1nc(C(=O)O)c(O)c(=O)[nH]1)c1ccccc1. The van der Waals surface area contributed by atoms with Crippen LogP contribution in [0.25, 0.3) is 10.7 Å². The van der Waals surface area contributed by atoms with Gasteiger partial charge < -0.3 is 25.8 Å². The van der Waals surface area contributed by atoms with E-state index in [0.29, 0.717) is 10.6 Å². The van der Waals surface area contributed by atoms with Crippen molar-refractivity contribution in [3.05, 3.63) is 63.4 Å². The Hall–Kier alpha value is -3.66. The van der Waals surface area contributed by atoms with Crippen LogP contribution in [0, 0.1) is 0 Å². The monoisotopic (exact) mass is 400 g/mol.